The van der Waals surface area contributed by atoms with E-state index in [2.05, 4.69) is 10.6 Å². The number of amides is 1. The van der Waals surface area contributed by atoms with Crippen LogP contribution < -0.4 is 15.4 Å². The molecule has 1 unspecified atom stereocenters. The molecule has 0 aliphatic heterocycles. The lowest BCUT2D eigenvalue weighted by atomic mass is 10.1. The van der Waals surface area contributed by atoms with Gasteiger partial charge in [0.25, 0.3) is 0 Å². The molecular formula is C14H22N2O4. The van der Waals surface area contributed by atoms with Crippen molar-refractivity contribution in [2.45, 2.75) is 6.10 Å². The molecule has 1 aromatic carbocycles. The molecule has 1 aromatic rings. The Morgan fingerprint density at radius 2 is 2.10 bits per heavy atom. The summed E-state index contributed by atoms with van der Waals surface area (Å²) in [4.78, 5) is 11.5. The maximum absolute atomic E-state index is 11.5. The Kier molecular flexibility index (Phi) is 7.64. The van der Waals surface area contributed by atoms with Crippen molar-refractivity contribution in [3.05, 3.63) is 29.8 Å². The van der Waals surface area contributed by atoms with E-state index < -0.39 is 6.10 Å². The van der Waals surface area contributed by atoms with E-state index in [0.717, 1.165) is 0 Å². The molecule has 0 saturated heterocycles. The summed E-state index contributed by atoms with van der Waals surface area (Å²) >= 11 is 0. The topological polar surface area (TPSA) is 79.8 Å². The van der Waals surface area contributed by atoms with Gasteiger partial charge >= 0.3 is 0 Å². The number of ether oxygens (including phenoxy) is 2. The summed E-state index contributed by atoms with van der Waals surface area (Å²) in [5, 5.41) is 15.6. The molecule has 1 rings (SSSR count). The minimum Gasteiger partial charge on any atom is -0.496 e. The number of para-hydroxylation sites is 1. The summed E-state index contributed by atoms with van der Waals surface area (Å²) in [5.41, 5.74) is 0.655. The molecule has 0 aliphatic carbocycles. The van der Waals surface area contributed by atoms with E-state index in [1.165, 1.54) is 0 Å². The zero-order valence-electron chi connectivity index (χ0n) is 11.9. The van der Waals surface area contributed by atoms with Gasteiger partial charge in [-0.2, -0.15) is 0 Å². The first kappa shape index (κ1) is 16.4. The monoisotopic (exact) mass is 282 g/mol. The van der Waals surface area contributed by atoms with E-state index >= 15 is 0 Å². The van der Waals surface area contributed by atoms with Crippen molar-refractivity contribution >= 4 is 5.91 Å². The predicted molar refractivity (Wildman–Crippen MR) is 75.7 cm³/mol. The van der Waals surface area contributed by atoms with Crippen LogP contribution in [0.2, 0.25) is 0 Å². The number of carbonyl (C=O) groups is 1. The fourth-order valence-electron chi connectivity index (χ4n) is 1.70. The number of aliphatic hydroxyl groups excluding tert-OH is 1. The van der Waals surface area contributed by atoms with Gasteiger partial charge in [0.15, 0.2) is 0 Å². The molecule has 20 heavy (non-hydrogen) atoms. The van der Waals surface area contributed by atoms with Crippen LogP contribution in [0.15, 0.2) is 24.3 Å². The van der Waals surface area contributed by atoms with E-state index in [0.29, 0.717) is 24.5 Å². The lowest BCUT2D eigenvalue weighted by Crippen LogP contribution is -2.37. The molecule has 0 spiro atoms. The molecule has 112 valence electrons. The second kappa shape index (κ2) is 9.30. The lowest BCUT2D eigenvalue weighted by Gasteiger charge is -2.15. The van der Waals surface area contributed by atoms with Crippen molar-refractivity contribution in [2.75, 3.05) is 40.5 Å². The van der Waals surface area contributed by atoms with Gasteiger partial charge in [0.1, 0.15) is 5.75 Å². The van der Waals surface area contributed by atoms with Gasteiger partial charge in [0.05, 0.1) is 26.4 Å². The van der Waals surface area contributed by atoms with Gasteiger partial charge in [-0.05, 0) is 6.07 Å². The molecule has 0 aromatic heterocycles. The summed E-state index contributed by atoms with van der Waals surface area (Å²) in [5.74, 6) is 0.433. The number of nitrogens with one attached hydrogen (secondary N) is 2. The van der Waals surface area contributed by atoms with Gasteiger partial charge in [-0.3, -0.25) is 4.79 Å². The van der Waals surface area contributed by atoms with Gasteiger partial charge in [0, 0.05) is 25.8 Å². The van der Waals surface area contributed by atoms with E-state index in [1.807, 2.05) is 12.1 Å². The van der Waals surface area contributed by atoms with E-state index in [1.54, 1.807) is 26.4 Å². The van der Waals surface area contributed by atoms with Gasteiger partial charge in [0.2, 0.25) is 5.91 Å². The van der Waals surface area contributed by atoms with Crippen molar-refractivity contribution in [1.29, 1.82) is 0 Å². The first-order valence-corrected chi connectivity index (χ1v) is 6.46. The van der Waals surface area contributed by atoms with Crippen LogP contribution in [-0.2, 0) is 9.53 Å². The largest absolute Gasteiger partial charge is 0.496 e. The fourth-order valence-corrected chi connectivity index (χ4v) is 1.70. The van der Waals surface area contributed by atoms with Crippen LogP contribution in [0.25, 0.3) is 0 Å². The number of benzene rings is 1. The average Bonchev–Trinajstić information content (AvgIpc) is 2.49. The number of methoxy groups -OCH3 is 2. The molecule has 3 N–H and O–H groups in total. The molecule has 6 nitrogen and oxygen atoms in total. The minimum atomic E-state index is -0.797. The number of aliphatic hydroxyl groups is 1. The third-order valence-corrected chi connectivity index (χ3v) is 2.76. The van der Waals surface area contributed by atoms with Crippen molar-refractivity contribution in [1.82, 2.24) is 10.6 Å². The third-order valence-electron chi connectivity index (χ3n) is 2.76. The fraction of sp³-hybridized carbons (Fsp3) is 0.500. The second-order valence-electron chi connectivity index (χ2n) is 4.23. The first-order valence-electron chi connectivity index (χ1n) is 6.46. The Hall–Kier alpha value is -1.63. The van der Waals surface area contributed by atoms with Crippen molar-refractivity contribution in [2.24, 2.45) is 0 Å². The van der Waals surface area contributed by atoms with Crippen LogP contribution in [0.1, 0.15) is 11.7 Å². The predicted octanol–water partition coefficient (Wildman–Crippen LogP) is 0.0808. The van der Waals surface area contributed by atoms with Gasteiger partial charge < -0.3 is 25.2 Å². The Morgan fingerprint density at radius 1 is 1.35 bits per heavy atom. The van der Waals surface area contributed by atoms with E-state index in [4.69, 9.17) is 9.47 Å². The number of hydrogen-bond donors (Lipinski definition) is 3. The molecule has 1 amide bonds. The quantitative estimate of drug-likeness (QED) is 0.559. The molecule has 0 heterocycles. The Balaban J connectivity index is 2.35. The molecule has 0 saturated carbocycles. The van der Waals surface area contributed by atoms with Crippen LogP contribution >= 0.6 is 0 Å². The third kappa shape index (κ3) is 5.56. The second-order valence-corrected chi connectivity index (χ2v) is 4.23. The number of carbonyl (C=O) groups excluding carboxylic acids is 1. The van der Waals surface area contributed by atoms with Gasteiger partial charge in [-0.1, -0.05) is 18.2 Å². The molecule has 0 aliphatic rings. The zero-order chi connectivity index (χ0) is 14.8. The summed E-state index contributed by atoms with van der Waals surface area (Å²) < 4.78 is 10.0. The van der Waals surface area contributed by atoms with E-state index in [-0.39, 0.29) is 19.0 Å². The standard InChI is InChI=1S/C14H22N2O4/c1-19-8-7-15-10-14(18)16-9-12(17)11-5-3-4-6-13(11)20-2/h3-6,12,15,17H,7-10H2,1-2H3,(H,16,18). The van der Waals surface area contributed by atoms with Crippen LogP contribution in [0.4, 0.5) is 0 Å². The summed E-state index contributed by atoms with van der Waals surface area (Å²) in [6.07, 6.45) is -0.797. The molecule has 0 fully saturated rings. The van der Waals surface area contributed by atoms with Crippen molar-refractivity contribution in [3.8, 4) is 5.75 Å². The highest BCUT2D eigenvalue weighted by molar-refractivity contribution is 5.78. The highest BCUT2D eigenvalue weighted by Gasteiger charge is 2.13. The summed E-state index contributed by atoms with van der Waals surface area (Å²) in [7, 11) is 3.15. The van der Waals surface area contributed by atoms with Crippen LogP contribution in [-0.4, -0.2) is 51.5 Å². The SMILES string of the molecule is COCCNCC(=O)NCC(O)c1ccccc1OC. The number of rotatable bonds is 9. The Morgan fingerprint density at radius 3 is 2.80 bits per heavy atom. The highest BCUT2D eigenvalue weighted by atomic mass is 16.5. The van der Waals surface area contributed by atoms with Crippen molar-refractivity contribution < 1.29 is 19.4 Å². The van der Waals surface area contributed by atoms with Crippen LogP contribution in [0, 0.1) is 0 Å². The Labute approximate surface area is 119 Å². The lowest BCUT2D eigenvalue weighted by molar-refractivity contribution is -0.120. The molecule has 6 heteroatoms. The Bertz CT molecular complexity index is 412. The van der Waals surface area contributed by atoms with Crippen molar-refractivity contribution in [3.63, 3.8) is 0 Å². The van der Waals surface area contributed by atoms with Gasteiger partial charge in [-0.15, -0.1) is 0 Å². The maximum Gasteiger partial charge on any atom is 0.234 e. The van der Waals surface area contributed by atoms with Crippen LogP contribution in [0.5, 0.6) is 5.75 Å². The van der Waals surface area contributed by atoms with Gasteiger partial charge in [-0.25, -0.2) is 0 Å². The summed E-state index contributed by atoms with van der Waals surface area (Å²) in [6.45, 7) is 1.50. The average molecular weight is 282 g/mol. The maximum atomic E-state index is 11.5. The normalized spacial score (nSPS) is 11.9. The molecular weight excluding hydrogens is 260 g/mol. The molecule has 1 atom stereocenters. The first-order chi connectivity index (χ1) is 9.69. The minimum absolute atomic E-state index is 0.144. The molecule has 0 radical (unpaired) electrons. The smallest absolute Gasteiger partial charge is 0.234 e. The summed E-state index contributed by atoms with van der Waals surface area (Å²) in [6, 6.07) is 7.18. The zero-order valence-corrected chi connectivity index (χ0v) is 11.9. The molecule has 0 bridgehead atoms. The van der Waals surface area contributed by atoms with E-state index in [9.17, 15) is 9.90 Å². The number of hydrogen-bond acceptors (Lipinski definition) is 5. The highest BCUT2D eigenvalue weighted by Crippen LogP contribution is 2.23. The van der Waals surface area contributed by atoms with Crippen LogP contribution in [0.3, 0.4) is 0 Å².